The molecule has 0 saturated heterocycles. The van der Waals surface area contributed by atoms with Gasteiger partial charge < -0.3 is 18.3 Å². The van der Waals surface area contributed by atoms with Crippen LogP contribution in [0.25, 0.3) is 177 Å². The van der Waals surface area contributed by atoms with Crippen molar-refractivity contribution in [3.63, 3.8) is 0 Å². The zero-order valence-corrected chi connectivity index (χ0v) is 46.4. The number of nitrogens with zero attached hydrogens (tertiary/aromatic N) is 6. The van der Waals surface area contributed by atoms with E-state index in [1.54, 1.807) is 0 Å². The van der Waals surface area contributed by atoms with Crippen LogP contribution in [0.15, 0.2) is 291 Å². The first-order valence-corrected chi connectivity index (χ1v) is 29.5. The molecule has 18 aromatic rings. The molecule has 0 spiro atoms. The Hall–Kier alpha value is -11.6. The summed E-state index contributed by atoms with van der Waals surface area (Å²) in [5.41, 5.74) is 24.6. The van der Waals surface area contributed by atoms with Gasteiger partial charge in [0.15, 0.2) is 5.82 Å². The van der Waals surface area contributed by atoms with Crippen molar-refractivity contribution in [2.24, 2.45) is 0 Å². The van der Waals surface area contributed by atoms with Crippen molar-refractivity contribution in [1.82, 2.24) is 28.2 Å². The third-order valence-corrected chi connectivity index (χ3v) is 18.3. The zero-order valence-electron chi connectivity index (χ0n) is 46.4. The average Bonchev–Trinajstić information content (AvgIpc) is 3.28. The molecule has 1 aliphatic carbocycles. The van der Waals surface area contributed by atoms with Crippen molar-refractivity contribution >= 4 is 98.1 Å². The largest absolute Gasteiger partial charge is 0.309 e. The molecule has 5 heterocycles. The minimum atomic E-state index is 0.684. The molecule has 0 aliphatic heterocycles. The lowest BCUT2D eigenvalue weighted by molar-refractivity contribution is 1.13. The molecule has 1 aliphatic rings. The third-order valence-electron chi connectivity index (χ3n) is 18.3. The van der Waals surface area contributed by atoms with Crippen molar-refractivity contribution in [2.75, 3.05) is 0 Å². The highest BCUT2D eigenvalue weighted by Crippen LogP contribution is 2.48. The monoisotopic (exact) mass is 1090 g/mol. The molecule has 13 aromatic carbocycles. The fourth-order valence-electron chi connectivity index (χ4n) is 14.5. The Bertz CT molecular complexity index is 5600. The lowest BCUT2D eigenvalue weighted by Crippen LogP contribution is -2.01. The fourth-order valence-corrected chi connectivity index (χ4v) is 14.5. The molecule has 19 rings (SSSR count). The maximum absolute atomic E-state index is 5.55. The summed E-state index contributed by atoms with van der Waals surface area (Å²) in [5.74, 6) is 0.684. The van der Waals surface area contributed by atoms with E-state index in [4.69, 9.17) is 9.97 Å². The van der Waals surface area contributed by atoms with E-state index in [-0.39, 0.29) is 0 Å². The molecule has 398 valence electrons. The highest BCUT2D eigenvalue weighted by molar-refractivity contribution is 6.16. The van der Waals surface area contributed by atoms with Crippen molar-refractivity contribution in [3.05, 3.63) is 291 Å². The molecular weight excluding hydrogens is 1040 g/mol. The van der Waals surface area contributed by atoms with Gasteiger partial charge in [-0.25, -0.2) is 9.97 Å². The van der Waals surface area contributed by atoms with Crippen LogP contribution >= 0.6 is 0 Å². The number of benzene rings is 13. The van der Waals surface area contributed by atoms with Gasteiger partial charge >= 0.3 is 0 Å². The van der Waals surface area contributed by atoms with E-state index in [1.807, 2.05) is 0 Å². The second kappa shape index (κ2) is 18.0. The smallest absolute Gasteiger partial charge is 0.160 e. The minimum Gasteiger partial charge on any atom is -0.309 e. The third kappa shape index (κ3) is 6.78. The van der Waals surface area contributed by atoms with Gasteiger partial charge in [0, 0.05) is 82.4 Å². The van der Waals surface area contributed by atoms with Crippen LogP contribution in [0.4, 0.5) is 0 Å². The van der Waals surface area contributed by atoms with E-state index in [1.165, 1.54) is 98.5 Å². The predicted molar refractivity (Wildman–Crippen MR) is 358 cm³/mol. The van der Waals surface area contributed by atoms with E-state index in [2.05, 4.69) is 309 Å². The number of hydrogen-bond acceptors (Lipinski definition) is 2. The summed E-state index contributed by atoms with van der Waals surface area (Å²) in [5, 5.41) is 10.8. The Labute approximate surface area is 493 Å². The Balaban J connectivity index is 0.813. The summed E-state index contributed by atoms with van der Waals surface area (Å²) in [6, 6.07) is 107. The first-order valence-electron chi connectivity index (χ1n) is 29.5. The van der Waals surface area contributed by atoms with Crippen LogP contribution in [0.1, 0.15) is 0 Å². The van der Waals surface area contributed by atoms with Crippen LogP contribution < -0.4 is 0 Å². The second-order valence-corrected chi connectivity index (χ2v) is 22.9. The first kappa shape index (κ1) is 46.9. The summed E-state index contributed by atoms with van der Waals surface area (Å²) in [6.45, 7) is 0. The maximum atomic E-state index is 5.55. The van der Waals surface area contributed by atoms with Crippen molar-refractivity contribution in [3.8, 4) is 78.8 Å². The predicted octanol–water partition coefficient (Wildman–Crippen LogP) is 20.7. The molecule has 0 atom stereocenters. The molecule has 5 aromatic heterocycles. The standard InChI is InChI=1S/C80H48N6/c1-3-18-54(19-4-1)83-70-30-13-9-23-59(70)65-44-49(34-38-74(65)83)51-36-40-76-67(46-51)61-25-11-15-32-72(61)85(76)56-42-53(80-81-69-29-17-28-63-58-22-7-8-27-64(58)79(82-80)78(63)69)43-57(48-56)86-73-33-16-12-26-62(73)68-47-52(37-41-77(68)86)50-35-39-75-66(45-50)60-24-10-14-31-71(60)84(75)55-20-5-2-6-21-55/h1-48H. The number of aromatic nitrogens is 6. The molecule has 86 heavy (non-hydrogen) atoms. The Morgan fingerprint density at radius 1 is 0.209 bits per heavy atom. The number of rotatable bonds is 7. The van der Waals surface area contributed by atoms with Crippen molar-refractivity contribution in [2.45, 2.75) is 0 Å². The van der Waals surface area contributed by atoms with Gasteiger partial charge in [0.25, 0.3) is 0 Å². The molecule has 0 saturated carbocycles. The summed E-state index contributed by atoms with van der Waals surface area (Å²) in [7, 11) is 0. The van der Waals surface area contributed by atoms with Crippen molar-refractivity contribution in [1.29, 1.82) is 0 Å². The Kier molecular flexibility index (Phi) is 9.80. The molecule has 0 N–H and O–H groups in total. The molecule has 6 heteroatoms. The molecular formula is C80H48N6. The normalized spacial score (nSPS) is 12.2. The van der Waals surface area contributed by atoms with E-state index < -0.39 is 0 Å². The summed E-state index contributed by atoms with van der Waals surface area (Å²) < 4.78 is 9.66. The minimum absolute atomic E-state index is 0.684. The zero-order chi connectivity index (χ0) is 56.1. The van der Waals surface area contributed by atoms with E-state index in [0.717, 1.165) is 72.5 Å². The van der Waals surface area contributed by atoms with Crippen LogP contribution in [0.2, 0.25) is 0 Å². The van der Waals surface area contributed by atoms with E-state index in [0.29, 0.717) is 5.82 Å². The van der Waals surface area contributed by atoms with Gasteiger partial charge in [0.1, 0.15) is 0 Å². The van der Waals surface area contributed by atoms with Crippen LogP contribution in [0.3, 0.4) is 0 Å². The van der Waals surface area contributed by atoms with Crippen molar-refractivity contribution < 1.29 is 0 Å². The first-order chi connectivity index (χ1) is 42.6. The summed E-state index contributed by atoms with van der Waals surface area (Å²) in [4.78, 5) is 11.0. The Morgan fingerprint density at radius 2 is 0.558 bits per heavy atom. The topological polar surface area (TPSA) is 45.5 Å². The number of para-hydroxylation sites is 6. The molecule has 0 unspecified atom stereocenters. The average molecular weight is 1090 g/mol. The van der Waals surface area contributed by atoms with Crippen LogP contribution in [-0.4, -0.2) is 28.2 Å². The van der Waals surface area contributed by atoms with E-state index in [9.17, 15) is 0 Å². The molecule has 0 amide bonds. The van der Waals surface area contributed by atoms with Gasteiger partial charge in [-0.05, 0) is 155 Å². The van der Waals surface area contributed by atoms with Crippen LogP contribution in [-0.2, 0) is 0 Å². The summed E-state index contributed by atoms with van der Waals surface area (Å²) >= 11 is 0. The van der Waals surface area contributed by atoms with E-state index >= 15 is 0 Å². The number of fused-ring (bicyclic) bond motifs is 15. The lowest BCUT2D eigenvalue weighted by Gasteiger charge is -2.16. The molecule has 0 radical (unpaired) electrons. The highest BCUT2D eigenvalue weighted by atomic mass is 15.0. The van der Waals surface area contributed by atoms with Gasteiger partial charge in [0.2, 0.25) is 0 Å². The quantitative estimate of drug-likeness (QED) is 0.160. The fraction of sp³-hybridized carbons (Fsp3) is 0. The Morgan fingerprint density at radius 3 is 0.988 bits per heavy atom. The van der Waals surface area contributed by atoms with Crippen LogP contribution in [0, 0.1) is 0 Å². The molecule has 6 nitrogen and oxygen atoms in total. The van der Waals surface area contributed by atoms with Gasteiger partial charge in [-0.2, -0.15) is 0 Å². The van der Waals surface area contributed by atoms with Crippen LogP contribution in [0.5, 0.6) is 0 Å². The van der Waals surface area contributed by atoms with Gasteiger partial charge in [-0.15, -0.1) is 0 Å². The summed E-state index contributed by atoms with van der Waals surface area (Å²) in [6.07, 6.45) is 0. The SMILES string of the molecule is c1ccc(-n2c3ccccc3c3cc(-c4ccc5c(c4)c4ccccc4n5-c4cc(-c5nc6c7c(cccc7n5)-c5ccccc5-6)cc(-n5c6ccccc6c6cc(-c7ccc8c(c7)c7ccccc7n8-c7ccccc7)ccc65)c4)ccc32)cc1. The lowest BCUT2D eigenvalue weighted by atomic mass is 10.0. The maximum Gasteiger partial charge on any atom is 0.160 e. The van der Waals surface area contributed by atoms with Gasteiger partial charge in [0.05, 0.1) is 55.3 Å². The highest BCUT2D eigenvalue weighted by Gasteiger charge is 2.26. The van der Waals surface area contributed by atoms with Gasteiger partial charge in [-0.1, -0.05) is 170 Å². The molecule has 0 bridgehead atoms. The second-order valence-electron chi connectivity index (χ2n) is 22.9. The van der Waals surface area contributed by atoms with Gasteiger partial charge in [-0.3, -0.25) is 0 Å². The molecule has 0 fully saturated rings. The number of hydrogen-bond donors (Lipinski definition) is 0.